The van der Waals surface area contributed by atoms with Crippen LogP contribution >= 0.6 is 11.3 Å². The van der Waals surface area contributed by atoms with Crippen LogP contribution in [0.4, 0.5) is 0 Å². The van der Waals surface area contributed by atoms with E-state index >= 15 is 0 Å². The van der Waals surface area contributed by atoms with E-state index in [1.54, 1.807) is 23.5 Å². The predicted octanol–water partition coefficient (Wildman–Crippen LogP) is 3.80. The number of hydrogen-bond donors (Lipinski definition) is 1. The molecule has 0 fully saturated rings. The summed E-state index contributed by atoms with van der Waals surface area (Å²) in [6.45, 7) is 2.82. The van der Waals surface area contributed by atoms with Crippen molar-refractivity contribution < 1.29 is 9.90 Å². The minimum atomic E-state index is -0.899. The summed E-state index contributed by atoms with van der Waals surface area (Å²) < 4.78 is 2.05. The van der Waals surface area contributed by atoms with Crippen molar-refractivity contribution in [3.8, 4) is 0 Å². The summed E-state index contributed by atoms with van der Waals surface area (Å²) in [5.74, 6) is -0.899. The van der Waals surface area contributed by atoms with Gasteiger partial charge in [-0.05, 0) is 36.4 Å². The molecule has 0 saturated heterocycles. The largest absolute Gasteiger partial charge is 0.478 e. The van der Waals surface area contributed by atoms with E-state index in [4.69, 9.17) is 5.11 Å². The normalized spacial score (nSPS) is 11.1. The molecule has 0 atom stereocenters. The molecule has 5 heteroatoms. The van der Waals surface area contributed by atoms with E-state index in [0.717, 1.165) is 34.4 Å². The monoisotopic (exact) mass is 300 g/mol. The topological polar surface area (TPSA) is 55.1 Å². The number of aryl methyl sites for hydroxylation is 1. The fourth-order valence-corrected chi connectivity index (χ4v) is 3.27. The van der Waals surface area contributed by atoms with E-state index in [1.165, 1.54) is 0 Å². The van der Waals surface area contributed by atoms with Crippen molar-refractivity contribution in [1.82, 2.24) is 9.55 Å². The molecule has 0 amide bonds. The van der Waals surface area contributed by atoms with Gasteiger partial charge in [0.05, 0.1) is 22.8 Å². The first-order valence-electron chi connectivity index (χ1n) is 6.93. The molecule has 2 aromatic heterocycles. The summed E-state index contributed by atoms with van der Waals surface area (Å²) in [4.78, 5) is 15.7. The van der Waals surface area contributed by atoms with Gasteiger partial charge in [-0.15, -0.1) is 11.3 Å². The lowest BCUT2D eigenvalue weighted by Crippen LogP contribution is -2.00. The maximum absolute atomic E-state index is 11.1. The molecule has 1 aromatic carbocycles. The number of fused-ring (bicyclic) bond motifs is 1. The molecule has 108 valence electrons. The summed E-state index contributed by atoms with van der Waals surface area (Å²) >= 11 is 1.69. The van der Waals surface area contributed by atoms with Crippen LogP contribution in [-0.4, -0.2) is 20.6 Å². The SMILES string of the molecule is CCCc1nc(Cn2ccc3ccc(C(=O)O)cc32)cs1. The second-order valence-electron chi connectivity index (χ2n) is 5.00. The molecule has 0 radical (unpaired) electrons. The highest BCUT2D eigenvalue weighted by atomic mass is 32.1. The Morgan fingerprint density at radius 1 is 1.38 bits per heavy atom. The summed E-state index contributed by atoms with van der Waals surface area (Å²) in [6, 6.07) is 7.20. The van der Waals surface area contributed by atoms with Gasteiger partial charge in [0.25, 0.3) is 0 Å². The third-order valence-electron chi connectivity index (χ3n) is 3.42. The van der Waals surface area contributed by atoms with Crippen molar-refractivity contribution in [3.05, 3.63) is 52.1 Å². The number of carboxylic acid groups (broad SMARTS) is 1. The first-order valence-corrected chi connectivity index (χ1v) is 7.81. The predicted molar refractivity (Wildman–Crippen MR) is 84.1 cm³/mol. The fourth-order valence-electron chi connectivity index (χ4n) is 2.38. The van der Waals surface area contributed by atoms with Gasteiger partial charge < -0.3 is 9.67 Å². The Labute approximate surface area is 126 Å². The van der Waals surface area contributed by atoms with Crippen LogP contribution in [0.25, 0.3) is 10.9 Å². The fraction of sp³-hybridized carbons (Fsp3) is 0.250. The third-order valence-corrected chi connectivity index (χ3v) is 4.37. The molecule has 0 unspecified atom stereocenters. The van der Waals surface area contributed by atoms with E-state index in [-0.39, 0.29) is 0 Å². The Balaban J connectivity index is 1.92. The van der Waals surface area contributed by atoms with Gasteiger partial charge in [-0.1, -0.05) is 13.0 Å². The Hall–Kier alpha value is -2.14. The zero-order chi connectivity index (χ0) is 14.8. The number of benzene rings is 1. The highest BCUT2D eigenvalue weighted by Gasteiger charge is 2.08. The van der Waals surface area contributed by atoms with Crippen LogP contribution in [-0.2, 0) is 13.0 Å². The van der Waals surface area contributed by atoms with E-state index in [9.17, 15) is 4.79 Å². The molecule has 1 N–H and O–H groups in total. The molecule has 2 heterocycles. The lowest BCUT2D eigenvalue weighted by molar-refractivity contribution is 0.0697. The van der Waals surface area contributed by atoms with Gasteiger partial charge in [0.2, 0.25) is 0 Å². The number of carbonyl (C=O) groups is 1. The first-order chi connectivity index (χ1) is 10.2. The number of hydrogen-bond acceptors (Lipinski definition) is 3. The number of thiazole rings is 1. The smallest absolute Gasteiger partial charge is 0.335 e. The zero-order valence-electron chi connectivity index (χ0n) is 11.7. The number of rotatable bonds is 5. The molecule has 3 rings (SSSR count). The molecule has 0 aliphatic heterocycles. The van der Waals surface area contributed by atoms with Crippen LogP contribution in [0, 0.1) is 0 Å². The van der Waals surface area contributed by atoms with Crippen molar-refractivity contribution in [2.24, 2.45) is 0 Å². The van der Waals surface area contributed by atoms with Gasteiger partial charge in [0.15, 0.2) is 0 Å². The number of aromatic nitrogens is 2. The van der Waals surface area contributed by atoms with Gasteiger partial charge in [0, 0.05) is 17.1 Å². The lowest BCUT2D eigenvalue weighted by Gasteiger charge is -2.04. The maximum atomic E-state index is 11.1. The molecule has 4 nitrogen and oxygen atoms in total. The molecule has 0 spiro atoms. The maximum Gasteiger partial charge on any atom is 0.335 e. The molecular formula is C16H16N2O2S. The summed E-state index contributed by atoms with van der Waals surface area (Å²) in [5, 5.41) is 13.4. The Morgan fingerprint density at radius 3 is 3.00 bits per heavy atom. The van der Waals surface area contributed by atoms with Crippen molar-refractivity contribution in [2.75, 3.05) is 0 Å². The van der Waals surface area contributed by atoms with Crippen molar-refractivity contribution in [2.45, 2.75) is 26.3 Å². The van der Waals surface area contributed by atoms with Gasteiger partial charge in [-0.2, -0.15) is 0 Å². The van der Waals surface area contributed by atoms with Crippen LogP contribution in [0.15, 0.2) is 35.8 Å². The minimum absolute atomic E-state index is 0.312. The number of nitrogens with zero attached hydrogens (tertiary/aromatic N) is 2. The second kappa shape index (κ2) is 5.69. The average Bonchev–Trinajstić information content (AvgIpc) is 3.07. The Bertz CT molecular complexity index is 789. The quantitative estimate of drug-likeness (QED) is 0.780. The molecule has 0 saturated carbocycles. The van der Waals surface area contributed by atoms with E-state index in [0.29, 0.717) is 12.1 Å². The van der Waals surface area contributed by atoms with Gasteiger partial charge in [0.1, 0.15) is 0 Å². The molecular weight excluding hydrogens is 284 g/mol. The lowest BCUT2D eigenvalue weighted by atomic mass is 10.1. The highest BCUT2D eigenvalue weighted by Crippen LogP contribution is 2.20. The first kappa shape index (κ1) is 13.8. The van der Waals surface area contributed by atoms with Gasteiger partial charge in [-0.25, -0.2) is 9.78 Å². The molecule has 3 aromatic rings. The second-order valence-corrected chi connectivity index (χ2v) is 5.95. The van der Waals surface area contributed by atoms with Crippen LogP contribution in [0.2, 0.25) is 0 Å². The average molecular weight is 300 g/mol. The minimum Gasteiger partial charge on any atom is -0.478 e. The van der Waals surface area contributed by atoms with Crippen LogP contribution in [0.1, 0.15) is 34.4 Å². The Morgan fingerprint density at radius 2 is 2.24 bits per heavy atom. The van der Waals surface area contributed by atoms with Gasteiger partial charge in [-0.3, -0.25) is 0 Å². The number of carboxylic acids is 1. The van der Waals surface area contributed by atoms with Crippen LogP contribution in [0.5, 0.6) is 0 Å². The molecule has 0 aliphatic rings. The number of aromatic carboxylic acids is 1. The summed E-state index contributed by atoms with van der Waals surface area (Å²) in [7, 11) is 0. The van der Waals surface area contributed by atoms with Crippen molar-refractivity contribution in [3.63, 3.8) is 0 Å². The van der Waals surface area contributed by atoms with Gasteiger partial charge >= 0.3 is 5.97 Å². The standard InChI is InChI=1S/C16H16N2O2S/c1-2-3-15-17-13(10-21-15)9-18-7-6-11-4-5-12(16(19)20)8-14(11)18/h4-8,10H,2-3,9H2,1H3,(H,19,20). The highest BCUT2D eigenvalue weighted by molar-refractivity contribution is 7.09. The van der Waals surface area contributed by atoms with Crippen molar-refractivity contribution in [1.29, 1.82) is 0 Å². The molecule has 0 aliphatic carbocycles. The van der Waals surface area contributed by atoms with Crippen LogP contribution in [0.3, 0.4) is 0 Å². The third kappa shape index (κ3) is 2.83. The van der Waals surface area contributed by atoms with E-state index < -0.39 is 5.97 Å². The Kier molecular flexibility index (Phi) is 3.75. The van der Waals surface area contributed by atoms with Crippen molar-refractivity contribution >= 4 is 28.2 Å². The molecule has 21 heavy (non-hydrogen) atoms. The van der Waals surface area contributed by atoms with E-state index in [2.05, 4.69) is 17.3 Å². The van der Waals surface area contributed by atoms with Crippen LogP contribution < -0.4 is 0 Å². The summed E-state index contributed by atoms with van der Waals surface area (Å²) in [6.07, 6.45) is 4.09. The zero-order valence-corrected chi connectivity index (χ0v) is 12.6. The summed E-state index contributed by atoms with van der Waals surface area (Å²) in [5.41, 5.74) is 2.27. The van der Waals surface area contributed by atoms with E-state index in [1.807, 2.05) is 22.9 Å². The molecule has 0 bridgehead atoms.